The Labute approximate surface area is 123 Å². The summed E-state index contributed by atoms with van der Waals surface area (Å²) < 4.78 is 10.4. The van der Waals surface area contributed by atoms with Crippen molar-refractivity contribution in [1.29, 1.82) is 0 Å². The van der Waals surface area contributed by atoms with Crippen LogP contribution in [-0.4, -0.2) is 42.6 Å². The highest BCUT2D eigenvalue weighted by Crippen LogP contribution is 2.19. The van der Waals surface area contributed by atoms with Crippen molar-refractivity contribution in [1.82, 2.24) is 4.90 Å². The van der Waals surface area contributed by atoms with Gasteiger partial charge in [-0.1, -0.05) is 12.1 Å². The van der Waals surface area contributed by atoms with Gasteiger partial charge in [0.15, 0.2) is 12.7 Å². The van der Waals surface area contributed by atoms with Gasteiger partial charge in [-0.15, -0.1) is 0 Å². The molecule has 1 aliphatic rings. The number of benzene rings is 1. The first kappa shape index (κ1) is 15.2. The van der Waals surface area contributed by atoms with Gasteiger partial charge in [-0.2, -0.15) is 0 Å². The third-order valence-corrected chi connectivity index (χ3v) is 3.34. The standard InChI is InChI=1S/C15H20N2O4/c1-11(15(19)17-8-4-5-9-17)21-14(18)10-20-13-7-3-2-6-12(13)16/h2-3,6-7,11H,4-5,8-10,16H2,1H3. The van der Waals surface area contributed by atoms with E-state index in [2.05, 4.69) is 0 Å². The van der Waals surface area contributed by atoms with Crippen LogP contribution in [0.25, 0.3) is 0 Å². The predicted octanol–water partition coefficient (Wildman–Crippen LogP) is 1.20. The number of likely N-dealkylation sites (tertiary alicyclic amines) is 1. The summed E-state index contributed by atoms with van der Waals surface area (Å²) >= 11 is 0. The van der Waals surface area contributed by atoms with Crippen LogP contribution < -0.4 is 10.5 Å². The maximum absolute atomic E-state index is 12.0. The van der Waals surface area contributed by atoms with Crippen LogP contribution in [0.3, 0.4) is 0 Å². The van der Waals surface area contributed by atoms with Gasteiger partial charge in [-0.25, -0.2) is 4.79 Å². The molecule has 1 saturated heterocycles. The highest BCUT2D eigenvalue weighted by Gasteiger charge is 2.25. The minimum absolute atomic E-state index is 0.153. The summed E-state index contributed by atoms with van der Waals surface area (Å²) in [6, 6.07) is 6.88. The number of hydrogen-bond acceptors (Lipinski definition) is 5. The van der Waals surface area contributed by atoms with Crippen molar-refractivity contribution >= 4 is 17.6 Å². The molecule has 1 aromatic rings. The molecule has 0 spiro atoms. The van der Waals surface area contributed by atoms with Crippen molar-refractivity contribution < 1.29 is 19.1 Å². The van der Waals surface area contributed by atoms with Crippen LogP contribution in [-0.2, 0) is 14.3 Å². The van der Waals surface area contributed by atoms with Gasteiger partial charge in [0.2, 0.25) is 0 Å². The number of hydrogen-bond donors (Lipinski definition) is 1. The van der Waals surface area contributed by atoms with Crippen molar-refractivity contribution in [3.05, 3.63) is 24.3 Å². The van der Waals surface area contributed by atoms with E-state index < -0.39 is 12.1 Å². The fourth-order valence-electron chi connectivity index (χ4n) is 2.22. The number of carbonyl (C=O) groups excluding carboxylic acids is 2. The normalized spacial score (nSPS) is 15.6. The average molecular weight is 292 g/mol. The minimum Gasteiger partial charge on any atom is -0.480 e. The fourth-order valence-corrected chi connectivity index (χ4v) is 2.22. The highest BCUT2D eigenvalue weighted by molar-refractivity contribution is 5.84. The molecule has 114 valence electrons. The lowest BCUT2D eigenvalue weighted by Crippen LogP contribution is -2.38. The molecular weight excluding hydrogens is 272 g/mol. The number of esters is 1. The zero-order valence-corrected chi connectivity index (χ0v) is 12.1. The second kappa shape index (κ2) is 6.97. The maximum atomic E-state index is 12.0. The van der Waals surface area contributed by atoms with E-state index in [1.807, 2.05) is 0 Å². The van der Waals surface area contributed by atoms with Crippen LogP contribution in [0.5, 0.6) is 5.75 Å². The second-order valence-corrected chi connectivity index (χ2v) is 4.99. The van der Waals surface area contributed by atoms with Crippen LogP contribution in [0.2, 0.25) is 0 Å². The zero-order valence-electron chi connectivity index (χ0n) is 12.1. The summed E-state index contributed by atoms with van der Waals surface area (Å²) in [7, 11) is 0. The molecule has 1 aromatic carbocycles. The summed E-state index contributed by atoms with van der Waals surface area (Å²) in [4.78, 5) is 25.4. The number of para-hydroxylation sites is 2. The molecule has 1 heterocycles. The zero-order chi connectivity index (χ0) is 15.2. The number of carbonyl (C=O) groups is 2. The number of nitrogens with zero attached hydrogens (tertiary/aromatic N) is 1. The summed E-state index contributed by atoms with van der Waals surface area (Å²) in [5.41, 5.74) is 6.15. The number of nitrogens with two attached hydrogens (primary N) is 1. The summed E-state index contributed by atoms with van der Waals surface area (Å²) in [5.74, 6) is -0.314. The SMILES string of the molecule is CC(OC(=O)COc1ccccc1N)C(=O)N1CCCC1. The molecule has 6 nitrogen and oxygen atoms in total. The predicted molar refractivity (Wildman–Crippen MR) is 77.7 cm³/mol. The van der Waals surface area contributed by atoms with Gasteiger partial charge in [0, 0.05) is 13.1 Å². The molecule has 1 amide bonds. The Bertz CT molecular complexity index is 512. The van der Waals surface area contributed by atoms with E-state index in [0.29, 0.717) is 11.4 Å². The van der Waals surface area contributed by atoms with Gasteiger partial charge >= 0.3 is 5.97 Å². The third-order valence-electron chi connectivity index (χ3n) is 3.34. The van der Waals surface area contributed by atoms with Crippen LogP contribution >= 0.6 is 0 Å². The molecule has 21 heavy (non-hydrogen) atoms. The van der Waals surface area contributed by atoms with E-state index in [1.54, 1.807) is 36.1 Å². The van der Waals surface area contributed by atoms with Crippen molar-refractivity contribution in [2.24, 2.45) is 0 Å². The Morgan fingerprint density at radius 2 is 1.95 bits per heavy atom. The van der Waals surface area contributed by atoms with E-state index in [4.69, 9.17) is 15.2 Å². The van der Waals surface area contributed by atoms with Crippen molar-refractivity contribution in [2.45, 2.75) is 25.9 Å². The molecule has 0 saturated carbocycles. The summed E-state index contributed by atoms with van der Waals surface area (Å²) in [5, 5.41) is 0. The highest BCUT2D eigenvalue weighted by atomic mass is 16.6. The smallest absolute Gasteiger partial charge is 0.344 e. The number of nitrogen functional groups attached to an aromatic ring is 1. The van der Waals surface area contributed by atoms with Gasteiger partial charge in [-0.3, -0.25) is 4.79 Å². The third kappa shape index (κ3) is 4.11. The fraction of sp³-hybridized carbons (Fsp3) is 0.467. The maximum Gasteiger partial charge on any atom is 0.344 e. The molecule has 6 heteroatoms. The van der Waals surface area contributed by atoms with Crippen LogP contribution in [0.15, 0.2) is 24.3 Å². The molecule has 0 aromatic heterocycles. The molecule has 1 unspecified atom stereocenters. The molecule has 2 N–H and O–H groups in total. The van der Waals surface area contributed by atoms with Gasteiger partial charge in [0.1, 0.15) is 5.75 Å². The van der Waals surface area contributed by atoms with Crippen LogP contribution in [0.4, 0.5) is 5.69 Å². The number of amides is 1. The van der Waals surface area contributed by atoms with Gasteiger partial charge in [-0.05, 0) is 31.9 Å². The molecule has 0 aliphatic carbocycles. The van der Waals surface area contributed by atoms with Crippen LogP contribution in [0, 0.1) is 0 Å². The van der Waals surface area contributed by atoms with Gasteiger partial charge in [0.25, 0.3) is 5.91 Å². The van der Waals surface area contributed by atoms with E-state index in [-0.39, 0.29) is 12.5 Å². The molecule has 0 bridgehead atoms. The molecular formula is C15H20N2O4. The largest absolute Gasteiger partial charge is 0.480 e. The van der Waals surface area contributed by atoms with E-state index in [0.717, 1.165) is 25.9 Å². The van der Waals surface area contributed by atoms with Crippen molar-refractivity contribution in [3.63, 3.8) is 0 Å². The quantitative estimate of drug-likeness (QED) is 0.651. The molecule has 2 rings (SSSR count). The molecule has 1 aliphatic heterocycles. The van der Waals surface area contributed by atoms with E-state index in [1.165, 1.54) is 0 Å². The first-order valence-corrected chi connectivity index (χ1v) is 7.03. The van der Waals surface area contributed by atoms with Crippen molar-refractivity contribution in [2.75, 3.05) is 25.4 Å². The molecule has 0 radical (unpaired) electrons. The number of rotatable bonds is 5. The number of ether oxygens (including phenoxy) is 2. The monoisotopic (exact) mass is 292 g/mol. The van der Waals surface area contributed by atoms with Gasteiger partial charge < -0.3 is 20.1 Å². The topological polar surface area (TPSA) is 81.9 Å². The van der Waals surface area contributed by atoms with E-state index >= 15 is 0 Å². The molecule has 1 fully saturated rings. The summed E-state index contributed by atoms with van der Waals surface area (Å²) in [6.07, 6.45) is 1.22. The average Bonchev–Trinajstić information content (AvgIpc) is 2.99. The Hall–Kier alpha value is -2.24. The Kier molecular flexibility index (Phi) is 5.03. The first-order valence-electron chi connectivity index (χ1n) is 7.03. The Morgan fingerprint density at radius 1 is 1.29 bits per heavy atom. The van der Waals surface area contributed by atoms with Crippen molar-refractivity contribution in [3.8, 4) is 5.75 Å². The summed E-state index contributed by atoms with van der Waals surface area (Å²) in [6.45, 7) is 2.77. The Balaban J connectivity index is 1.78. The lowest BCUT2D eigenvalue weighted by Gasteiger charge is -2.20. The molecule has 1 atom stereocenters. The van der Waals surface area contributed by atoms with Crippen LogP contribution in [0.1, 0.15) is 19.8 Å². The lowest BCUT2D eigenvalue weighted by atomic mass is 10.3. The second-order valence-electron chi connectivity index (χ2n) is 4.99. The van der Waals surface area contributed by atoms with Gasteiger partial charge in [0.05, 0.1) is 5.69 Å². The Morgan fingerprint density at radius 3 is 2.62 bits per heavy atom. The minimum atomic E-state index is -0.785. The van der Waals surface area contributed by atoms with E-state index in [9.17, 15) is 9.59 Å². The first-order chi connectivity index (χ1) is 10.1. The number of anilines is 1. The lowest BCUT2D eigenvalue weighted by molar-refractivity contribution is -0.160.